The number of hydrogen-bond acceptors (Lipinski definition) is 1. The van der Waals surface area contributed by atoms with Crippen molar-refractivity contribution in [3.8, 4) is 11.8 Å². The van der Waals surface area contributed by atoms with Gasteiger partial charge in [-0.05, 0) is 31.4 Å². The summed E-state index contributed by atoms with van der Waals surface area (Å²) in [6.07, 6.45) is 8.80. The van der Waals surface area contributed by atoms with Gasteiger partial charge in [0, 0.05) is 36.5 Å². The number of aromatic nitrogens is 1. The summed E-state index contributed by atoms with van der Waals surface area (Å²) in [7, 11) is 0. The van der Waals surface area contributed by atoms with E-state index in [2.05, 4.69) is 36.3 Å². The first kappa shape index (κ1) is 18.3. The predicted octanol–water partition coefficient (Wildman–Crippen LogP) is 5.32. The Balaban J connectivity index is 2.07. The van der Waals surface area contributed by atoms with Gasteiger partial charge in [-0.3, -0.25) is 4.79 Å². The van der Waals surface area contributed by atoms with E-state index >= 15 is 0 Å². The van der Waals surface area contributed by atoms with Gasteiger partial charge < -0.3 is 4.57 Å². The van der Waals surface area contributed by atoms with Gasteiger partial charge in [0.15, 0.2) is 5.43 Å². The number of nitrogens with zero attached hydrogens (tertiary/aromatic N) is 1. The first-order chi connectivity index (χ1) is 11.8. The van der Waals surface area contributed by atoms with Crippen LogP contribution in [0.1, 0.15) is 64.5 Å². The highest BCUT2D eigenvalue weighted by Crippen LogP contribution is 2.15. The number of rotatable bonds is 8. The lowest BCUT2D eigenvalue weighted by Gasteiger charge is -2.15. The first-order valence-electron chi connectivity index (χ1n) is 9.35. The molecule has 0 aliphatic heterocycles. The maximum absolute atomic E-state index is 12.3. The topological polar surface area (TPSA) is 22.0 Å². The van der Waals surface area contributed by atoms with Crippen LogP contribution in [0.15, 0.2) is 35.1 Å². The Bertz CT molecular complexity index is 761. The van der Waals surface area contributed by atoms with Gasteiger partial charge in [-0.1, -0.05) is 45.2 Å². The van der Waals surface area contributed by atoms with Crippen molar-refractivity contribution in [3.63, 3.8) is 0 Å². The van der Waals surface area contributed by atoms with E-state index in [1.165, 1.54) is 25.7 Å². The van der Waals surface area contributed by atoms with Crippen molar-refractivity contribution in [2.45, 2.75) is 71.8 Å². The van der Waals surface area contributed by atoms with Crippen LogP contribution in [0.5, 0.6) is 0 Å². The molecule has 0 saturated heterocycles. The van der Waals surface area contributed by atoms with Crippen LogP contribution in [-0.2, 0) is 13.0 Å². The number of unbranched alkanes of at least 4 members (excludes halogenated alkanes) is 4. The number of fused-ring (bicyclic) bond motifs is 1. The van der Waals surface area contributed by atoms with E-state index in [-0.39, 0.29) is 5.43 Å². The number of para-hydroxylation sites is 1. The molecule has 0 spiro atoms. The molecule has 2 rings (SSSR count). The molecule has 0 N–H and O–H groups in total. The van der Waals surface area contributed by atoms with Crippen molar-refractivity contribution in [2.24, 2.45) is 0 Å². The van der Waals surface area contributed by atoms with Crippen LogP contribution in [0, 0.1) is 11.8 Å². The minimum atomic E-state index is 0.125. The van der Waals surface area contributed by atoms with Gasteiger partial charge in [-0.15, -0.1) is 11.8 Å². The Labute approximate surface area is 145 Å². The molecular weight excluding hydrogens is 294 g/mol. The quantitative estimate of drug-likeness (QED) is 0.476. The minimum Gasteiger partial charge on any atom is -0.344 e. The zero-order chi connectivity index (χ0) is 17.2. The smallest absolute Gasteiger partial charge is 0.189 e. The van der Waals surface area contributed by atoms with Gasteiger partial charge in [0.2, 0.25) is 0 Å². The number of pyridine rings is 1. The number of hydrogen-bond donors (Lipinski definition) is 0. The van der Waals surface area contributed by atoms with Crippen molar-refractivity contribution >= 4 is 10.9 Å². The lowest BCUT2D eigenvalue weighted by Crippen LogP contribution is -2.14. The van der Waals surface area contributed by atoms with Gasteiger partial charge in [0.05, 0.1) is 5.52 Å². The molecule has 2 nitrogen and oxygen atoms in total. The molecule has 1 heterocycles. The molecule has 0 aliphatic carbocycles. The summed E-state index contributed by atoms with van der Waals surface area (Å²) < 4.78 is 2.29. The highest BCUT2D eigenvalue weighted by atomic mass is 16.1. The Morgan fingerprint density at radius 1 is 0.958 bits per heavy atom. The highest BCUT2D eigenvalue weighted by molar-refractivity contribution is 5.79. The van der Waals surface area contributed by atoms with Gasteiger partial charge in [-0.2, -0.15) is 0 Å². The molecule has 0 saturated carbocycles. The summed E-state index contributed by atoms with van der Waals surface area (Å²) in [6.45, 7) is 5.35. The Hall–Kier alpha value is -2.01. The third-order valence-electron chi connectivity index (χ3n) is 4.34. The fourth-order valence-corrected chi connectivity index (χ4v) is 3.08. The lowest BCUT2D eigenvalue weighted by atomic mass is 10.1. The SMILES string of the molecule is CCCCCCC#CCCc1cc(=O)c2ccccc2n1CCC. The van der Waals surface area contributed by atoms with Crippen molar-refractivity contribution in [1.82, 2.24) is 4.57 Å². The van der Waals surface area contributed by atoms with Crippen molar-refractivity contribution in [2.75, 3.05) is 0 Å². The first-order valence-corrected chi connectivity index (χ1v) is 9.35. The summed E-state index contributed by atoms with van der Waals surface area (Å²) >= 11 is 0. The van der Waals surface area contributed by atoms with Crippen LogP contribution in [0.3, 0.4) is 0 Å². The molecule has 0 bridgehead atoms. The molecule has 0 amide bonds. The molecule has 0 atom stereocenters. The van der Waals surface area contributed by atoms with E-state index in [1.54, 1.807) is 6.07 Å². The number of benzene rings is 1. The molecule has 0 aliphatic rings. The fourth-order valence-electron chi connectivity index (χ4n) is 3.08. The summed E-state index contributed by atoms with van der Waals surface area (Å²) in [5.74, 6) is 6.56. The Morgan fingerprint density at radius 3 is 2.54 bits per heavy atom. The van der Waals surface area contributed by atoms with E-state index in [1.807, 2.05) is 18.2 Å². The molecule has 2 aromatic rings. The molecule has 128 valence electrons. The molecule has 1 aromatic heterocycles. The largest absolute Gasteiger partial charge is 0.344 e. The average molecular weight is 323 g/mol. The van der Waals surface area contributed by atoms with Crippen molar-refractivity contribution in [1.29, 1.82) is 0 Å². The van der Waals surface area contributed by atoms with Crippen LogP contribution < -0.4 is 5.43 Å². The van der Waals surface area contributed by atoms with Crippen LogP contribution in [0.2, 0.25) is 0 Å². The van der Waals surface area contributed by atoms with E-state index in [4.69, 9.17) is 0 Å². The molecular formula is C22H29NO. The molecule has 0 fully saturated rings. The summed E-state index contributed by atoms with van der Waals surface area (Å²) in [6, 6.07) is 9.72. The molecule has 2 heteroatoms. The summed E-state index contributed by atoms with van der Waals surface area (Å²) in [5, 5.41) is 0.816. The van der Waals surface area contributed by atoms with Gasteiger partial charge >= 0.3 is 0 Å². The van der Waals surface area contributed by atoms with Gasteiger partial charge in [-0.25, -0.2) is 0 Å². The summed E-state index contributed by atoms with van der Waals surface area (Å²) in [5.41, 5.74) is 2.29. The highest BCUT2D eigenvalue weighted by Gasteiger charge is 2.07. The third-order valence-corrected chi connectivity index (χ3v) is 4.34. The molecule has 1 aromatic carbocycles. The molecule has 0 radical (unpaired) electrons. The number of aryl methyl sites for hydroxylation is 2. The normalized spacial score (nSPS) is 10.6. The maximum atomic E-state index is 12.3. The monoisotopic (exact) mass is 323 g/mol. The molecule has 24 heavy (non-hydrogen) atoms. The summed E-state index contributed by atoms with van der Waals surface area (Å²) in [4.78, 5) is 12.3. The maximum Gasteiger partial charge on any atom is 0.189 e. The van der Waals surface area contributed by atoms with Crippen molar-refractivity contribution < 1.29 is 0 Å². The molecule has 0 unspecified atom stereocenters. The minimum absolute atomic E-state index is 0.125. The van der Waals surface area contributed by atoms with Crippen LogP contribution in [-0.4, -0.2) is 4.57 Å². The van der Waals surface area contributed by atoms with E-state index in [0.717, 1.165) is 48.8 Å². The van der Waals surface area contributed by atoms with Crippen LogP contribution in [0.4, 0.5) is 0 Å². The third kappa shape index (κ3) is 4.99. The average Bonchev–Trinajstić information content (AvgIpc) is 2.60. The fraction of sp³-hybridized carbons (Fsp3) is 0.500. The second kappa shape index (κ2) is 9.98. The second-order valence-corrected chi connectivity index (χ2v) is 6.33. The van der Waals surface area contributed by atoms with E-state index in [9.17, 15) is 4.79 Å². The zero-order valence-corrected chi connectivity index (χ0v) is 15.1. The standard InChI is InChI=1S/C22H29NO/c1-3-5-6-7-8-9-10-11-14-19-18-22(24)20-15-12-13-16-21(20)23(19)17-4-2/h12-13,15-16,18H,3-8,11,14,17H2,1-2H3. The van der Waals surface area contributed by atoms with Gasteiger partial charge in [0.1, 0.15) is 0 Å². The second-order valence-electron chi connectivity index (χ2n) is 6.33. The predicted molar refractivity (Wildman–Crippen MR) is 103 cm³/mol. The van der Waals surface area contributed by atoms with Crippen molar-refractivity contribution in [3.05, 3.63) is 46.2 Å². The Morgan fingerprint density at radius 2 is 1.75 bits per heavy atom. The van der Waals surface area contributed by atoms with Crippen LogP contribution in [0.25, 0.3) is 10.9 Å². The van der Waals surface area contributed by atoms with Gasteiger partial charge in [0.25, 0.3) is 0 Å². The van der Waals surface area contributed by atoms with Crippen LogP contribution >= 0.6 is 0 Å². The lowest BCUT2D eigenvalue weighted by molar-refractivity contribution is 0.658. The Kier molecular flexibility index (Phi) is 7.62. The van der Waals surface area contributed by atoms with E-state index in [0.29, 0.717) is 0 Å². The zero-order valence-electron chi connectivity index (χ0n) is 15.1. The van der Waals surface area contributed by atoms with E-state index < -0.39 is 0 Å².